The fourth-order valence-electron chi connectivity index (χ4n) is 1.79. The molecule has 132 valence electrons. The molecule has 1 atom stereocenters. The third-order valence-electron chi connectivity index (χ3n) is 3.11. The minimum absolute atomic E-state index is 0.0837. The number of unbranched alkanes of at least 4 members (excludes halogenated alkanes) is 1. The molecule has 0 radical (unpaired) electrons. The highest BCUT2D eigenvalue weighted by Gasteiger charge is 1.92. The Morgan fingerprint density at radius 3 is 2.42 bits per heavy atom. The van der Waals surface area contributed by atoms with Crippen LogP contribution in [0.15, 0.2) is 72.9 Å². The molecule has 0 aromatic rings. The molecule has 2 heteroatoms. The molecular weight excluding hydrogens is 296 g/mol. The van der Waals surface area contributed by atoms with Gasteiger partial charge in [0.05, 0.1) is 6.10 Å². The molecule has 24 heavy (non-hydrogen) atoms. The second kappa shape index (κ2) is 17.4. The summed E-state index contributed by atoms with van der Waals surface area (Å²) in [5.41, 5.74) is 0. The monoisotopic (exact) mass is 328 g/mol. The third kappa shape index (κ3) is 16.4. The maximum atomic E-state index is 11.6. The van der Waals surface area contributed by atoms with E-state index >= 15 is 0 Å². The van der Waals surface area contributed by atoms with Crippen molar-refractivity contribution in [3.63, 3.8) is 0 Å². The minimum atomic E-state index is -0.458. The first-order valence-corrected chi connectivity index (χ1v) is 8.88. The summed E-state index contributed by atoms with van der Waals surface area (Å²) in [4.78, 5) is 11.6. The molecule has 0 saturated heterocycles. The molecule has 0 heterocycles. The Balaban J connectivity index is 3.91. The molecule has 0 saturated carbocycles. The quantitative estimate of drug-likeness (QED) is 0.270. The molecule has 0 aromatic heterocycles. The summed E-state index contributed by atoms with van der Waals surface area (Å²) in [7, 11) is 0. The van der Waals surface area contributed by atoms with Gasteiger partial charge < -0.3 is 5.11 Å². The van der Waals surface area contributed by atoms with Crippen molar-refractivity contribution in [2.45, 2.75) is 58.5 Å². The Bertz CT molecular complexity index is 476. The van der Waals surface area contributed by atoms with Crippen molar-refractivity contribution in [3.05, 3.63) is 72.9 Å². The molecule has 0 amide bonds. The van der Waals surface area contributed by atoms with E-state index in [1.54, 1.807) is 30.4 Å². The fraction of sp³-hybridized carbons (Fsp3) is 0.409. The van der Waals surface area contributed by atoms with Crippen LogP contribution < -0.4 is 0 Å². The van der Waals surface area contributed by atoms with E-state index in [1.807, 2.05) is 24.3 Å². The molecule has 0 aromatic carbocycles. The average molecular weight is 328 g/mol. The summed E-state index contributed by atoms with van der Waals surface area (Å²) in [6.07, 6.45) is 27.4. The Kier molecular flexibility index (Phi) is 16.0. The van der Waals surface area contributed by atoms with E-state index < -0.39 is 6.10 Å². The van der Waals surface area contributed by atoms with Crippen LogP contribution in [-0.2, 0) is 4.79 Å². The van der Waals surface area contributed by atoms with Gasteiger partial charge in [0.2, 0.25) is 0 Å². The summed E-state index contributed by atoms with van der Waals surface area (Å²) < 4.78 is 0. The van der Waals surface area contributed by atoms with Crippen LogP contribution in [0, 0.1) is 0 Å². The molecule has 0 bridgehead atoms. The van der Waals surface area contributed by atoms with E-state index in [9.17, 15) is 9.90 Å². The molecule has 0 spiro atoms. The van der Waals surface area contributed by atoms with Crippen LogP contribution in [0.4, 0.5) is 0 Å². The lowest BCUT2D eigenvalue weighted by Gasteiger charge is -1.98. The molecule has 2 nitrogen and oxygen atoms in total. The molecule has 1 N–H and O–H groups in total. The molecule has 0 rings (SSSR count). The lowest BCUT2D eigenvalue weighted by atomic mass is 10.2. The summed E-state index contributed by atoms with van der Waals surface area (Å²) >= 11 is 0. The Hall–Kier alpha value is -1.93. The van der Waals surface area contributed by atoms with E-state index in [1.165, 1.54) is 0 Å². The first-order chi connectivity index (χ1) is 11.7. The number of carbonyl (C=O) groups is 1. The highest BCUT2D eigenvalue weighted by molar-refractivity contribution is 5.90. The number of aliphatic hydroxyl groups is 1. The van der Waals surface area contributed by atoms with Crippen molar-refractivity contribution in [2.75, 3.05) is 0 Å². The van der Waals surface area contributed by atoms with Crippen molar-refractivity contribution in [1.29, 1.82) is 0 Å². The van der Waals surface area contributed by atoms with Gasteiger partial charge in [-0.05, 0) is 31.8 Å². The summed E-state index contributed by atoms with van der Waals surface area (Å²) in [6.45, 7) is 4.23. The van der Waals surface area contributed by atoms with Crippen LogP contribution in [0.2, 0.25) is 0 Å². The van der Waals surface area contributed by atoms with Gasteiger partial charge in [-0.3, -0.25) is 4.79 Å². The first kappa shape index (κ1) is 22.1. The topological polar surface area (TPSA) is 37.3 Å². The molecule has 0 aliphatic carbocycles. The zero-order valence-corrected chi connectivity index (χ0v) is 15.1. The van der Waals surface area contributed by atoms with Gasteiger partial charge in [0.15, 0.2) is 5.78 Å². The second-order valence-electron chi connectivity index (χ2n) is 5.45. The first-order valence-electron chi connectivity index (χ1n) is 8.88. The largest absolute Gasteiger partial charge is 0.389 e. The predicted molar refractivity (Wildman–Crippen MR) is 105 cm³/mol. The highest BCUT2D eigenvalue weighted by atomic mass is 16.3. The van der Waals surface area contributed by atoms with Gasteiger partial charge in [-0.1, -0.05) is 87.1 Å². The average Bonchev–Trinajstić information content (AvgIpc) is 2.58. The molecule has 0 unspecified atom stereocenters. The van der Waals surface area contributed by atoms with Crippen LogP contribution in [0.3, 0.4) is 0 Å². The minimum Gasteiger partial charge on any atom is -0.389 e. The Labute approximate surface area is 147 Å². The van der Waals surface area contributed by atoms with Gasteiger partial charge in [0.1, 0.15) is 0 Å². The third-order valence-corrected chi connectivity index (χ3v) is 3.11. The van der Waals surface area contributed by atoms with Gasteiger partial charge in [-0.25, -0.2) is 0 Å². The van der Waals surface area contributed by atoms with Crippen LogP contribution in [-0.4, -0.2) is 17.0 Å². The van der Waals surface area contributed by atoms with Crippen molar-refractivity contribution < 1.29 is 9.90 Å². The standard InChI is InChI=1S/C22H32O2/c1-3-5-7-9-10-14-18-22(24)20-16-12-11-15-19-21(23)17-13-8-6-4-2/h5,7-8,10-16,19-21,23H,3-4,6,9,17-18H2,1-2H3/t21-/m0/s1. The lowest BCUT2D eigenvalue weighted by molar-refractivity contribution is -0.113. The zero-order valence-electron chi connectivity index (χ0n) is 15.1. The van der Waals surface area contributed by atoms with Gasteiger partial charge in [-0.15, -0.1) is 0 Å². The molecular formula is C22H32O2. The Morgan fingerprint density at radius 1 is 0.917 bits per heavy atom. The van der Waals surface area contributed by atoms with Crippen LogP contribution in [0.25, 0.3) is 0 Å². The van der Waals surface area contributed by atoms with Gasteiger partial charge >= 0.3 is 0 Å². The molecule has 0 aliphatic rings. The SMILES string of the molecule is CCC=CCC=CCC(=O)C=CC=CC=C[C@@H](O)CC=CCCC. The van der Waals surface area contributed by atoms with Gasteiger partial charge in [0.25, 0.3) is 0 Å². The van der Waals surface area contributed by atoms with Gasteiger partial charge in [-0.2, -0.15) is 0 Å². The van der Waals surface area contributed by atoms with E-state index in [0.717, 1.165) is 25.7 Å². The lowest BCUT2D eigenvalue weighted by Crippen LogP contribution is -1.98. The van der Waals surface area contributed by atoms with Crippen molar-refractivity contribution in [3.8, 4) is 0 Å². The van der Waals surface area contributed by atoms with Crippen LogP contribution in [0.1, 0.15) is 52.4 Å². The maximum Gasteiger partial charge on any atom is 0.159 e. The van der Waals surface area contributed by atoms with Gasteiger partial charge in [0, 0.05) is 6.42 Å². The normalized spacial score (nSPS) is 14.5. The summed E-state index contributed by atoms with van der Waals surface area (Å²) in [5.74, 6) is 0.0837. The van der Waals surface area contributed by atoms with Crippen molar-refractivity contribution in [1.82, 2.24) is 0 Å². The number of hydrogen-bond donors (Lipinski definition) is 1. The summed E-state index contributed by atoms with van der Waals surface area (Å²) in [5, 5.41) is 9.71. The highest BCUT2D eigenvalue weighted by Crippen LogP contribution is 1.98. The van der Waals surface area contributed by atoms with E-state index in [4.69, 9.17) is 0 Å². The Morgan fingerprint density at radius 2 is 1.67 bits per heavy atom. The number of aliphatic hydroxyl groups excluding tert-OH is 1. The molecule has 0 aliphatic heterocycles. The fourth-order valence-corrected chi connectivity index (χ4v) is 1.79. The number of rotatable bonds is 13. The number of hydrogen-bond acceptors (Lipinski definition) is 2. The maximum absolute atomic E-state index is 11.6. The van der Waals surface area contributed by atoms with E-state index in [-0.39, 0.29) is 5.78 Å². The van der Waals surface area contributed by atoms with Crippen LogP contribution >= 0.6 is 0 Å². The molecule has 0 fully saturated rings. The van der Waals surface area contributed by atoms with Crippen LogP contribution in [0.5, 0.6) is 0 Å². The van der Waals surface area contributed by atoms with E-state index in [2.05, 4.69) is 32.1 Å². The number of carbonyl (C=O) groups excluding carboxylic acids is 1. The van der Waals surface area contributed by atoms with E-state index in [0.29, 0.717) is 12.8 Å². The number of ketones is 1. The summed E-state index contributed by atoms with van der Waals surface area (Å²) in [6, 6.07) is 0. The number of allylic oxidation sites excluding steroid dienone is 10. The smallest absolute Gasteiger partial charge is 0.159 e. The van der Waals surface area contributed by atoms with Crippen molar-refractivity contribution in [2.24, 2.45) is 0 Å². The predicted octanol–water partition coefficient (Wildman–Crippen LogP) is 5.63. The zero-order chi connectivity index (χ0) is 17.9. The van der Waals surface area contributed by atoms with Crippen molar-refractivity contribution >= 4 is 5.78 Å². The second-order valence-corrected chi connectivity index (χ2v) is 5.45.